The molecular formula is C16H34N4S. The van der Waals surface area contributed by atoms with Gasteiger partial charge in [0.2, 0.25) is 0 Å². The van der Waals surface area contributed by atoms with Crippen LogP contribution in [0, 0.1) is 0 Å². The zero-order valence-electron chi connectivity index (χ0n) is 14.3. The predicted molar refractivity (Wildman–Crippen MR) is 96.5 cm³/mol. The molecular weight excluding hydrogens is 280 g/mol. The summed E-state index contributed by atoms with van der Waals surface area (Å²) < 4.78 is 0. The highest BCUT2D eigenvalue weighted by molar-refractivity contribution is 7.99. The van der Waals surface area contributed by atoms with Gasteiger partial charge in [-0.1, -0.05) is 13.3 Å². The zero-order valence-corrected chi connectivity index (χ0v) is 15.1. The van der Waals surface area contributed by atoms with Crippen LogP contribution in [-0.4, -0.2) is 61.1 Å². The van der Waals surface area contributed by atoms with Crippen LogP contribution in [0.2, 0.25) is 0 Å². The van der Waals surface area contributed by atoms with Gasteiger partial charge in [-0.3, -0.25) is 4.99 Å². The van der Waals surface area contributed by atoms with Crippen molar-refractivity contribution < 1.29 is 0 Å². The van der Waals surface area contributed by atoms with Crippen molar-refractivity contribution in [3.8, 4) is 0 Å². The van der Waals surface area contributed by atoms with Gasteiger partial charge in [-0.15, -0.1) is 0 Å². The van der Waals surface area contributed by atoms with Gasteiger partial charge in [0.15, 0.2) is 5.96 Å². The maximum atomic E-state index is 4.64. The number of likely N-dealkylation sites (tertiary alicyclic amines) is 1. The van der Waals surface area contributed by atoms with Crippen LogP contribution in [-0.2, 0) is 0 Å². The third-order valence-corrected chi connectivity index (χ3v) is 5.06. The summed E-state index contributed by atoms with van der Waals surface area (Å²) in [4.78, 5) is 7.27. The summed E-state index contributed by atoms with van der Waals surface area (Å²) in [5, 5.41) is 7.36. The number of thioether (sulfide) groups is 1. The molecule has 0 saturated carbocycles. The lowest BCUT2D eigenvalue weighted by atomic mass is 10.0. The molecule has 21 heavy (non-hydrogen) atoms. The van der Waals surface area contributed by atoms with Gasteiger partial charge in [-0.25, -0.2) is 0 Å². The summed E-state index contributed by atoms with van der Waals surface area (Å²) in [5.41, 5.74) is 0. The zero-order chi connectivity index (χ0) is 15.5. The number of guanidine groups is 1. The lowest BCUT2D eigenvalue weighted by Gasteiger charge is -2.33. The summed E-state index contributed by atoms with van der Waals surface area (Å²) in [6, 6.07) is 0.767. The first-order valence-corrected chi connectivity index (χ1v) is 9.75. The Labute approximate surface area is 135 Å². The monoisotopic (exact) mass is 314 g/mol. The molecule has 0 aromatic carbocycles. The van der Waals surface area contributed by atoms with Gasteiger partial charge >= 0.3 is 0 Å². The molecule has 1 aliphatic heterocycles. The topological polar surface area (TPSA) is 39.7 Å². The van der Waals surface area contributed by atoms with Gasteiger partial charge < -0.3 is 15.5 Å². The average molecular weight is 315 g/mol. The minimum Gasteiger partial charge on any atom is -0.357 e. The van der Waals surface area contributed by atoms with E-state index in [1.165, 1.54) is 38.8 Å². The van der Waals surface area contributed by atoms with E-state index < -0.39 is 0 Å². The highest BCUT2D eigenvalue weighted by Crippen LogP contribution is 2.15. The molecule has 0 aromatic rings. The second-order valence-corrected chi connectivity index (χ2v) is 7.20. The van der Waals surface area contributed by atoms with Gasteiger partial charge in [0.05, 0.1) is 6.54 Å². The van der Waals surface area contributed by atoms with E-state index in [9.17, 15) is 0 Å². The van der Waals surface area contributed by atoms with E-state index in [1.807, 2.05) is 11.8 Å². The van der Waals surface area contributed by atoms with Gasteiger partial charge in [0, 0.05) is 30.9 Å². The van der Waals surface area contributed by atoms with E-state index in [2.05, 4.69) is 47.6 Å². The summed E-state index contributed by atoms with van der Waals surface area (Å²) in [5.74, 6) is 0.963. The first kappa shape index (κ1) is 18.6. The van der Waals surface area contributed by atoms with E-state index in [0.717, 1.165) is 31.6 Å². The Morgan fingerprint density at radius 2 is 2.19 bits per heavy atom. The molecule has 5 heteroatoms. The lowest BCUT2D eigenvalue weighted by Crippen LogP contribution is -2.41. The number of rotatable bonds is 8. The molecule has 1 rings (SSSR count). The Morgan fingerprint density at radius 3 is 2.86 bits per heavy atom. The van der Waals surface area contributed by atoms with Crippen molar-refractivity contribution in [3.05, 3.63) is 0 Å². The van der Waals surface area contributed by atoms with E-state index in [1.54, 1.807) is 0 Å². The number of hydrogen-bond donors (Lipinski definition) is 2. The van der Waals surface area contributed by atoms with Crippen molar-refractivity contribution in [2.45, 2.75) is 57.7 Å². The number of aliphatic imine (C=N–C) groups is 1. The van der Waals surface area contributed by atoms with Crippen LogP contribution >= 0.6 is 11.8 Å². The first-order valence-electron chi connectivity index (χ1n) is 8.46. The van der Waals surface area contributed by atoms with Crippen LogP contribution in [0.5, 0.6) is 0 Å². The molecule has 0 spiro atoms. The third kappa shape index (κ3) is 7.96. The van der Waals surface area contributed by atoms with Crippen molar-refractivity contribution >= 4 is 17.7 Å². The number of hydrogen-bond acceptors (Lipinski definition) is 3. The van der Waals surface area contributed by atoms with Crippen molar-refractivity contribution in [3.63, 3.8) is 0 Å². The Balaban J connectivity index is 2.23. The molecule has 0 amide bonds. The van der Waals surface area contributed by atoms with Crippen LogP contribution in [0.4, 0.5) is 0 Å². The normalized spacial score (nSPS) is 22.1. The maximum Gasteiger partial charge on any atom is 0.191 e. The van der Waals surface area contributed by atoms with E-state index in [-0.39, 0.29) is 0 Å². The molecule has 124 valence electrons. The third-order valence-electron chi connectivity index (χ3n) is 4.11. The fourth-order valence-electron chi connectivity index (χ4n) is 2.61. The minimum atomic E-state index is 0.578. The van der Waals surface area contributed by atoms with E-state index >= 15 is 0 Å². The molecule has 0 radical (unpaired) electrons. The number of piperidine rings is 1. The van der Waals surface area contributed by atoms with E-state index in [0.29, 0.717) is 5.25 Å². The summed E-state index contributed by atoms with van der Waals surface area (Å²) >= 11 is 1.86. The second-order valence-electron chi connectivity index (χ2n) is 5.93. The molecule has 0 bridgehead atoms. The maximum absolute atomic E-state index is 4.64. The molecule has 2 unspecified atom stereocenters. The predicted octanol–water partition coefficient (Wildman–Crippen LogP) is 2.56. The van der Waals surface area contributed by atoms with Crippen LogP contribution in [0.1, 0.15) is 46.5 Å². The fraction of sp³-hybridized carbons (Fsp3) is 0.938. The molecule has 4 nitrogen and oxygen atoms in total. The minimum absolute atomic E-state index is 0.578. The lowest BCUT2D eigenvalue weighted by molar-refractivity contribution is 0.159. The summed E-state index contributed by atoms with van der Waals surface area (Å²) in [6.07, 6.45) is 7.46. The fourth-order valence-corrected chi connectivity index (χ4v) is 2.84. The molecule has 2 N–H and O–H groups in total. The number of nitrogens with one attached hydrogen (secondary N) is 2. The Morgan fingerprint density at radius 1 is 1.38 bits per heavy atom. The van der Waals surface area contributed by atoms with Gasteiger partial charge in [0.1, 0.15) is 0 Å². The van der Waals surface area contributed by atoms with Crippen molar-refractivity contribution in [2.24, 2.45) is 4.99 Å². The van der Waals surface area contributed by atoms with Gasteiger partial charge in [0.25, 0.3) is 0 Å². The number of nitrogens with zero attached hydrogens (tertiary/aromatic N) is 2. The van der Waals surface area contributed by atoms with Crippen LogP contribution < -0.4 is 10.6 Å². The van der Waals surface area contributed by atoms with Crippen LogP contribution in [0.3, 0.4) is 0 Å². The Hall–Kier alpha value is -0.420. The molecule has 1 fully saturated rings. The molecule has 1 aliphatic rings. The molecule has 0 aromatic heterocycles. The van der Waals surface area contributed by atoms with Crippen LogP contribution in [0.15, 0.2) is 4.99 Å². The molecule has 2 atom stereocenters. The van der Waals surface area contributed by atoms with Gasteiger partial charge in [-0.05, 0) is 45.9 Å². The van der Waals surface area contributed by atoms with Crippen molar-refractivity contribution in [1.82, 2.24) is 15.5 Å². The quantitative estimate of drug-likeness (QED) is 0.410. The Bertz CT molecular complexity index is 296. The average Bonchev–Trinajstić information content (AvgIpc) is 2.50. The van der Waals surface area contributed by atoms with Gasteiger partial charge in [-0.2, -0.15) is 11.8 Å². The highest BCUT2D eigenvalue weighted by atomic mass is 32.2. The first-order chi connectivity index (χ1) is 10.2. The Kier molecular flexibility index (Phi) is 9.92. The molecule has 0 aliphatic carbocycles. The smallest absolute Gasteiger partial charge is 0.191 e. The molecule has 1 saturated heterocycles. The standard InChI is InChI=1S/C16H34N4S/c1-5-17-16(19-13-15(3)21-4)18-10-8-12-20-11-7-6-9-14(20)2/h14-15H,5-13H2,1-4H3,(H2,17,18,19). The van der Waals surface area contributed by atoms with E-state index in [4.69, 9.17) is 0 Å². The highest BCUT2D eigenvalue weighted by Gasteiger charge is 2.17. The van der Waals surface area contributed by atoms with Crippen molar-refractivity contribution in [1.29, 1.82) is 0 Å². The summed E-state index contributed by atoms with van der Waals surface area (Å²) in [6.45, 7) is 12.0. The molecule has 1 heterocycles. The van der Waals surface area contributed by atoms with Crippen LogP contribution in [0.25, 0.3) is 0 Å². The largest absolute Gasteiger partial charge is 0.357 e. The SMILES string of the molecule is CCNC(=NCC(C)SC)NCCCN1CCCCC1C. The van der Waals surface area contributed by atoms with Crippen molar-refractivity contribution in [2.75, 3.05) is 39.0 Å². The summed E-state index contributed by atoms with van der Waals surface area (Å²) in [7, 11) is 0. The second kappa shape index (κ2) is 11.2.